The number of rotatable bonds is 4. The molecule has 0 aliphatic carbocycles. The third-order valence-corrected chi connectivity index (χ3v) is 5.75. The van der Waals surface area contributed by atoms with Gasteiger partial charge in [0.05, 0.1) is 14.2 Å². The number of carbonyl (C=O) groups excluding carboxylic acids is 1. The standard InChI is InChI=1S/C22H21Cl2N3O3/c1-29-19-8-6-15(13-20(19)30-2)25-22(28)27-11-10-26-9-3-4-18(26)21(27)16-7-5-14(23)12-17(16)24/h3-9,12-13,21H,10-11H2,1-2H3,(H,25,28)/t21-/m0/s1. The highest BCUT2D eigenvalue weighted by atomic mass is 35.5. The molecule has 6 nitrogen and oxygen atoms in total. The van der Waals surface area contributed by atoms with E-state index in [4.69, 9.17) is 32.7 Å². The normalized spacial score (nSPS) is 15.5. The van der Waals surface area contributed by atoms with Gasteiger partial charge in [0.15, 0.2) is 11.5 Å². The lowest BCUT2D eigenvalue weighted by atomic mass is 10.00. The number of carbonyl (C=O) groups is 1. The molecule has 0 radical (unpaired) electrons. The maximum atomic E-state index is 13.3. The second-order valence-corrected chi connectivity index (χ2v) is 7.73. The van der Waals surface area contributed by atoms with E-state index in [-0.39, 0.29) is 12.1 Å². The summed E-state index contributed by atoms with van der Waals surface area (Å²) in [6.45, 7) is 1.23. The molecule has 0 fully saturated rings. The van der Waals surface area contributed by atoms with E-state index in [2.05, 4.69) is 9.88 Å². The molecule has 0 spiro atoms. The van der Waals surface area contributed by atoms with Crippen LogP contribution in [0.1, 0.15) is 17.3 Å². The molecule has 2 heterocycles. The summed E-state index contributed by atoms with van der Waals surface area (Å²) in [5.41, 5.74) is 2.43. The van der Waals surface area contributed by atoms with E-state index in [0.29, 0.717) is 40.3 Å². The van der Waals surface area contributed by atoms with Crippen molar-refractivity contribution in [3.8, 4) is 11.5 Å². The number of anilines is 1. The Kier molecular flexibility index (Phi) is 5.79. The lowest BCUT2D eigenvalue weighted by molar-refractivity contribution is 0.182. The number of hydrogen-bond acceptors (Lipinski definition) is 3. The minimum absolute atomic E-state index is 0.231. The van der Waals surface area contributed by atoms with Gasteiger partial charge in [-0.05, 0) is 42.0 Å². The van der Waals surface area contributed by atoms with E-state index in [9.17, 15) is 4.79 Å². The molecule has 0 saturated heterocycles. The van der Waals surface area contributed by atoms with E-state index < -0.39 is 0 Å². The van der Waals surface area contributed by atoms with Crippen molar-refractivity contribution in [3.05, 3.63) is 76.0 Å². The maximum Gasteiger partial charge on any atom is 0.322 e. The van der Waals surface area contributed by atoms with Gasteiger partial charge in [0.25, 0.3) is 0 Å². The largest absolute Gasteiger partial charge is 0.493 e. The van der Waals surface area contributed by atoms with Crippen molar-refractivity contribution in [3.63, 3.8) is 0 Å². The van der Waals surface area contributed by atoms with Gasteiger partial charge in [-0.2, -0.15) is 0 Å². The van der Waals surface area contributed by atoms with Crippen LogP contribution in [-0.2, 0) is 6.54 Å². The summed E-state index contributed by atoms with van der Waals surface area (Å²) in [6, 6.07) is 14.0. The number of nitrogens with one attached hydrogen (secondary N) is 1. The van der Waals surface area contributed by atoms with Crippen molar-refractivity contribution in [1.82, 2.24) is 9.47 Å². The fourth-order valence-corrected chi connectivity index (χ4v) is 4.27. The number of amides is 2. The van der Waals surface area contributed by atoms with Gasteiger partial charge in [0, 0.05) is 46.8 Å². The van der Waals surface area contributed by atoms with E-state index >= 15 is 0 Å². The van der Waals surface area contributed by atoms with Crippen LogP contribution in [0, 0.1) is 0 Å². The summed E-state index contributed by atoms with van der Waals surface area (Å²) in [4.78, 5) is 15.1. The molecule has 0 unspecified atom stereocenters. The van der Waals surface area contributed by atoms with Gasteiger partial charge >= 0.3 is 6.03 Å². The third-order valence-electron chi connectivity index (χ3n) is 5.19. The van der Waals surface area contributed by atoms with E-state index in [0.717, 1.165) is 11.3 Å². The Morgan fingerprint density at radius 2 is 1.83 bits per heavy atom. The topological polar surface area (TPSA) is 55.7 Å². The number of benzene rings is 2. The van der Waals surface area contributed by atoms with Gasteiger partial charge in [-0.3, -0.25) is 0 Å². The molecule has 156 valence electrons. The van der Waals surface area contributed by atoms with E-state index in [1.54, 1.807) is 49.5 Å². The van der Waals surface area contributed by atoms with E-state index in [1.165, 1.54) is 0 Å². The monoisotopic (exact) mass is 445 g/mol. The van der Waals surface area contributed by atoms with Crippen LogP contribution in [-0.4, -0.2) is 36.3 Å². The minimum atomic E-state index is -0.335. The fraction of sp³-hybridized carbons (Fsp3) is 0.227. The first-order chi connectivity index (χ1) is 14.5. The molecule has 0 saturated carbocycles. The number of hydrogen-bond donors (Lipinski definition) is 1. The average molecular weight is 446 g/mol. The number of fused-ring (bicyclic) bond motifs is 1. The molecule has 4 rings (SSSR count). The Balaban J connectivity index is 1.67. The van der Waals surface area contributed by atoms with E-state index in [1.807, 2.05) is 24.4 Å². The molecule has 30 heavy (non-hydrogen) atoms. The second kappa shape index (κ2) is 8.50. The van der Waals surface area contributed by atoms with Crippen LogP contribution in [0.4, 0.5) is 10.5 Å². The lowest BCUT2D eigenvalue weighted by Gasteiger charge is -2.37. The van der Waals surface area contributed by atoms with Gasteiger partial charge in [0.2, 0.25) is 0 Å². The number of halogens is 2. The number of nitrogens with zero attached hydrogens (tertiary/aromatic N) is 2. The molecular formula is C22H21Cl2N3O3. The van der Waals surface area contributed by atoms with Crippen LogP contribution >= 0.6 is 23.2 Å². The first-order valence-electron chi connectivity index (χ1n) is 9.41. The van der Waals surface area contributed by atoms with Gasteiger partial charge < -0.3 is 24.3 Å². The van der Waals surface area contributed by atoms with Crippen molar-refractivity contribution in [1.29, 1.82) is 0 Å². The van der Waals surface area contributed by atoms with Crippen LogP contribution in [0.3, 0.4) is 0 Å². The van der Waals surface area contributed by atoms with Gasteiger partial charge in [-0.15, -0.1) is 0 Å². The van der Waals surface area contributed by atoms with Crippen molar-refractivity contribution < 1.29 is 14.3 Å². The Labute approximate surface area is 184 Å². The Bertz CT molecular complexity index is 1080. The third kappa shape index (κ3) is 3.80. The highest BCUT2D eigenvalue weighted by Crippen LogP contribution is 2.38. The lowest BCUT2D eigenvalue weighted by Crippen LogP contribution is -2.44. The van der Waals surface area contributed by atoms with Crippen LogP contribution in [0.15, 0.2) is 54.7 Å². The number of methoxy groups -OCH3 is 2. The summed E-state index contributed by atoms with van der Waals surface area (Å²) < 4.78 is 12.7. The van der Waals surface area contributed by atoms with Crippen molar-refractivity contribution in [2.75, 3.05) is 26.1 Å². The Morgan fingerprint density at radius 3 is 2.57 bits per heavy atom. The summed E-state index contributed by atoms with van der Waals surface area (Å²) in [6.07, 6.45) is 2.01. The van der Waals surface area contributed by atoms with Gasteiger partial charge in [-0.25, -0.2) is 4.79 Å². The van der Waals surface area contributed by atoms with Crippen LogP contribution in [0.25, 0.3) is 0 Å². The van der Waals surface area contributed by atoms with Gasteiger partial charge in [-0.1, -0.05) is 29.3 Å². The number of urea groups is 1. The average Bonchev–Trinajstić information content (AvgIpc) is 3.22. The second-order valence-electron chi connectivity index (χ2n) is 6.89. The molecule has 2 aromatic carbocycles. The molecule has 8 heteroatoms. The molecule has 2 amide bonds. The molecular weight excluding hydrogens is 425 g/mol. The summed E-state index contributed by atoms with van der Waals surface area (Å²) in [5, 5.41) is 4.04. The van der Waals surface area contributed by atoms with Crippen molar-refractivity contribution in [2.24, 2.45) is 0 Å². The Morgan fingerprint density at radius 1 is 1.03 bits per heavy atom. The Hall–Kier alpha value is -2.83. The first-order valence-corrected chi connectivity index (χ1v) is 10.2. The predicted octanol–water partition coefficient (Wildman–Crippen LogP) is 5.45. The van der Waals surface area contributed by atoms with Crippen molar-refractivity contribution >= 4 is 34.9 Å². The SMILES string of the molecule is COc1ccc(NC(=O)N2CCn3cccc3[C@@H]2c2ccc(Cl)cc2Cl)cc1OC. The van der Waals surface area contributed by atoms with Crippen molar-refractivity contribution in [2.45, 2.75) is 12.6 Å². The molecule has 1 aliphatic heterocycles. The molecule has 1 aliphatic rings. The van der Waals surface area contributed by atoms with Crippen LogP contribution in [0.2, 0.25) is 10.0 Å². The maximum absolute atomic E-state index is 13.3. The highest BCUT2D eigenvalue weighted by Gasteiger charge is 2.33. The van der Waals surface area contributed by atoms with Crippen LogP contribution in [0.5, 0.6) is 11.5 Å². The van der Waals surface area contributed by atoms with Gasteiger partial charge in [0.1, 0.15) is 6.04 Å². The summed E-state index contributed by atoms with van der Waals surface area (Å²) >= 11 is 12.6. The zero-order chi connectivity index (χ0) is 21.3. The number of aromatic nitrogens is 1. The quantitative estimate of drug-likeness (QED) is 0.580. The summed E-state index contributed by atoms with van der Waals surface area (Å²) in [5.74, 6) is 1.14. The molecule has 1 aromatic heterocycles. The predicted molar refractivity (Wildman–Crippen MR) is 118 cm³/mol. The zero-order valence-corrected chi connectivity index (χ0v) is 18.1. The fourth-order valence-electron chi connectivity index (χ4n) is 3.76. The molecule has 1 N–H and O–H groups in total. The van der Waals surface area contributed by atoms with Crippen LogP contribution < -0.4 is 14.8 Å². The molecule has 0 bridgehead atoms. The molecule has 1 atom stereocenters. The first kappa shape index (κ1) is 20.4. The smallest absolute Gasteiger partial charge is 0.322 e. The zero-order valence-electron chi connectivity index (χ0n) is 16.6. The summed E-state index contributed by atoms with van der Waals surface area (Å²) in [7, 11) is 3.13. The number of ether oxygens (including phenoxy) is 2. The minimum Gasteiger partial charge on any atom is -0.493 e. The molecule has 3 aromatic rings. The highest BCUT2D eigenvalue weighted by molar-refractivity contribution is 6.35.